The topological polar surface area (TPSA) is 76.5 Å². The van der Waals surface area contributed by atoms with Crippen LogP contribution in [0.4, 0.5) is 0 Å². The lowest BCUT2D eigenvalue weighted by molar-refractivity contribution is 0.122. The summed E-state index contributed by atoms with van der Waals surface area (Å²) < 4.78 is 5.27. The zero-order valence-corrected chi connectivity index (χ0v) is 16.8. The number of nitrogens with zero attached hydrogens (tertiary/aromatic N) is 8. The van der Waals surface area contributed by atoms with Gasteiger partial charge < -0.3 is 0 Å². The third kappa shape index (κ3) is 4.00. The van der Waals surface area contributed by atoms with E-state index in [1.54, 1.807) is 34.3 Å². The molecule has 4 aromatic heterocycles. The Kier molecular flexibility index (Phi) is 4.96. The number of thiazole rings is 1. The molecule has 1 aliphatic rings. The van der Waals surface area contributed by atoms with Crippen LogP contribution in [0.5, 0.6) is 0 Å². The minimum absolute atomic E-state index is 0.0840. The van der Waals surface area contributed by atoms with Crippen LogP contribution in [0, 0.1) is 0 Å². The lowest BCUT2D eigenvalue weighted by Crippen LogP contribution is -2.47. The number of piperazine rings is 1. The maximum absolute atomic E-state index is 12.2. The van der Waals surface area contributed by atoms with Crippen LogP contribution >= 0.6 is 11.3 Å². The molecule has 9 nitrogen and oxygen atoms in total. The van der Waals surface area contributed by atoms with Crippen molar-refractivity contribution in [3.8, 4) is 5.82 Å². The summed E-state index contributed by atoms with van der Waals surface area (Å²) in [6.07, 6.45) is 7.68. The van der Waals surface area contributed by atoms with Gasteiger partial charge in [0.15, 0.2) is 10.8 Å². The summed E-state index contributed by atoms with van der Waals surface area (Å²) in [4.78, 5) is 22.7. The Balaban J connectivity index is 1.15. The summed E-state index contributed by atoms with van der Waals surface area (Å²) in [5.74, 6) is 0.652. The summed E-state index contributed by atoms with van der Waals surface area (Å²) in [6.45, 7) is 6.23. The highest BCUT2D eigenvalue weighted by atomic mass is 32.1. The standard InChI is InChI=1S/C19H22N8OS/c28-18-3-2-17(26-5-1-4-20-26)22-27(18)11-10-23-6-8-24(9-7-23)14-16-15-25-12-13-29-19(25)21-16/h1-5,12-13,15H,6-11,14H2. The van der Waals surface area contributed by atoms with Gasteiger partial charge in [-0.1, -0.05) is 0 Å². The SMILES string of the molecule is O=c1ccc(-n2cccn2)nn1CCN1CCN(Cc2cn3ccsc3n2)CC1. The maximum atomic E-state index is 12.2. The molecule has 0 aromatic carbocycles. The van der Waals surface area contributed by atoms with Crippen molar-refractivity contribution in [1.82, 2.24) is 38.7 Å². The summed E-state index contributed by atoms with van der Waals surface area (Å²) in [5.41, 5.74) is 1.04. The number of aromatic nitrogens is 6. The molecule has 0 N–H and O–H groups in total. The van der Waals surface area contributed by atoms with Crippen molar-refractivity contribution in [1.29, 1.82) is 0 Å². The molecule has 0 bridgehead atoms. The molecule has 0 atom stereocenters. The van der Waals surface area contributed by atoms with Crippen LogP contribution in [0.3, 0.4) is 0 Å². The highest BCUT2D eigenvalue weighted by Gasteiger charge is 2.18. The van der Waals surface area contributed by atoms with Gasteiger partial charge >= 0.3 is 0 Å². The lowest BCUT2D eigenvalue weighted by atomic mass is 10.3. The van der Waals surface area contributed by atoms with Crippen LogP contribution in [0.1, 0.15) is 5.69 Å². The van der Waals surface area contributed by atoms with Gasteiger partial charge in [0.2, 0.25) is 0 Å². The third-order valence-electron chi connectivity index (χ3n) is 5.21. The van der Waals surface area contributed by atoms with Crippen LogP contribution < -0.4 is 5.56 Å². The second-order valence-corrected chi connectivity index (χ2v) is 8.02. The van der Waals surface area contributed by atoms with E-state index >= 15 is 0 Å². The van der Waals surface area contributed by atoms with E-state index in [0.29, 0.717) is 12.4 Å². The van der Waals surface area contributed by atoms with Crippen molar-refractivity contribution in [2.45, 2.75) is 13.1 Å². The van der Waals surface area contributed by atoms with E-state index in [0.717, 1.165) is 49.9 Å². The van der Waals surface area contributed by atoms with Crippen LogP contribution in [-0.2, 0) is 13.1 Å². The van der Waals surface area contributed by atoms with E-state index < -0.39 is 0 Å². The van der Waals surface area contributed by atoms with Gasteiger partial charge in [-0.15, -0.1) is 16.4 Å². The van der Waals surface area contributed by atoms with Gasteiger partial charge in [0.25, 0.3) is 5.56 Å². The predicted molar refractivity (Wildman–Crippen MR) is 110 cm³/mol. The second kappa shape index (κ2) is 7.90. The Hall–Kier alpha value is -2.82. The van der Waals surface area contributed by atoms with Crippen molar-refractivity contribution >= 4 is 16.3 Å². The quantitative estimate of drug-likeness (QED) is 0.471. The van der Waals surface area contributed by atoms with Crippen molar-refractivity contribution in [3.05, 3.63) is 64.4 Å². The van der Waals surface area contributed by atoms with Crippen LogP contribution in [0.15, 0.2) is 53.2 Å². The summed E-state index contributed by atoms with van der Waals surface area (Å²) in [7, 11) is 0. The minimum Gasteiger partial charge on any atom is -0.299 e. The molecule has 1 aliphatic heterocycles. The Morgan fingerprint density at radius 2 is 1.90 bits per heavy atom. The van der Waals surface area contributed by atoms with Gasteiger partial charge in [0.1, 0.15) is 0 Å². The maximum Gasteiger partial charge on any atom is 0.266 e. The van der Waals surface area contributed by atoms with Gasteiger partial charge in [-0.2, -0.15) is 5.10 Å². The summed E-state index contributed by atoms with van der Waals surface area (Å²) >= 11 is 1.66. The predicted octanol–water partition coefficient (Wildman–Crippen LogP) is 0.956. The average molecular weight is 411 g/mol. The number of imidazole rings is 1. The first kappa shape index (κ1) is 18.2. The molecule has 0 radical (unpaired) electrons. The van der Waals surface area contributed by atoms with Gasteiger partial charge in [-0.25, -0.2) is 14.3 Å². The summed E-state index contributed by atoms with van der Waals surface area (Å²) in [6, 6.07) is 5.09. The average Bonchev–Trinajstić information content (AvgIpc) is 3.46. The van der Waals surface area contributed by atoms with Gasteiger partial charge in [0, 0.05) is 75.5 Å². The van der Waals surface area contributed by atoms with E-state index in [2.05, 4.69) is 41.0 Å². The molecule has 29 heavy (non-hydrogen) atoms. The fourth-order valence-electron chi connectivity index (χ4n) is 3.61. The zero-order chi connectivity index (χ0) is 19.6. The zero-order valence-electron chi connectivity index (χ0n) is 16.0. The first-order chi connectivity index (χ1) is 14.2. The smallest absolute Gasteiger partial charge is 0.266 e. The van der Waals surface area contributed by atoms with E-state index in [1.165, 1.54) is 4.68 Å². The fourth-order valence-corrected chi connectivity index (χ4v) is 4.33. The monoisotopic (exact) mass is 410 g/mol. The van der Waals surface area contributed by atoms with Gasteiger partial charge in [0.05, 0.1) is 12.2 Å². The number of rotatable bonds is 6. The largest absolute Gasteiger partial charge is 0.299 e. The Bertz CT molecular complexity index is 1110. The molecule has 0 amide bonds. The molecule has 0 spiro atoms. The highest BCUT2D eigenvalue weighted by molar-refractivity contribution is 7.15. The minimum atomic E-state index is -0.0840. The van der Waals surface area contributed by atoms with Gasteiger partial charge in [-0.3, -0.25) is 19.0 Å². The first-order valence-corrected chi connectivity index (χ1v) is 10.6. The first-order valence-electron chi connectivity index (χ1n) is 9.68. The number of fused-ring (bicyclic) bond motifs is 1. The Morgan fingerprint density at radius 1 is 1.03 bits per heavy atom. The molecule has 5 heterocycles. The van der Waals surface area contributed by atoms with E-state index in [4.69, 9.17) is 0 Å². The lowest BCUT2D eigenvalue weighted by Gasteiger charge is -2.34. The van der Waals surface area contributed by atoms with Crippen molar-refractivity contribution in [2.24, 2.45) is 0 Å². The molecule has 1 fully saturated rings. The normalized spacial score (nSPS) is 16.0. The van der Waals surface area contributed by atoms with E-state index in [1.807, 2.05) is 18.5 Å². The molecule has 5 rings (SSSR count). The van der Waals surface area contributed by atoms with E-state index in [9.17, 15) is 4.79 Å². The molecular formula is C19H22N8OS. The number of hydrogen-bond donors (Lipinski definition) is 0. The molecule has 150 valence electrons. The van der Waals surface area contributed by atoms with E-state index in [-0.39, 0.29) is 5.56 Å². The molecule has 4 aromatic rings. The Morgan fingerprint density at radius 3 is 2.69 bits per heavy atom. The van der Waals surface area contributed by atoms with Crippen molar-refractivity contribution in [3.63, 3.8) is 0 Å². The molecule has 0 unspecified atom stereocenters. The second-order valence-electron chi connectivity index (χ2n) is 7.15. The third-order valence-corrected chi connectivity index (χ3v) is 5.98. The fraction of sp³-hybridized carbons (Fsp3) is 0.368. The van der Waals surface area contributed by atoms with Crippen LogP contribution in [0.2, 0.25) is 0 Å². The molecule has 1 saturated heterocycles. The number of hydrogen-bond acceptors (Lipinski definition) is 7. The van der Waals surface area contributed by atoms with Crippen molar-refractivity contribution < 1.29 is 0 Å². The molecule has 0 aliphatic carbocycles. The summed E-state index contributed by atoms with van der Waals surface area (Å²) in [5, 5.41) is 10.7. The highest BCUT2D eigenvalue weighted by Crippen LogP contribution is 2.14. The molecule has 0 saturated carbocycles. The van der Waals surface area contributed by atoms with Crippen LogP contribution in [0.25, 0.3) is 10.8 Å². The molecular weight excluding hydrogens is 388 g/mol. The van der Waals surface area contributed by atoms with Gasteiger partial charge in [-0.05, 0) is 12.1 Å². The molecule has 10 heteroatoms. The van der Waals surface area contributed by atoms with Crippen LogP contribution in [-0.4, -0.2) is 71.5 Å². The Labute approximate surface area is 171 Å². The van der Waals surface area contributed by atoms with Crippen molar-refractivity contribution in [2.75, 3.05) is 32.7 Å².